The molecule has 0 bridgehead atoms. The first-order valence-electron chi connectivity index (χ1n) is 7.91. The van der Waals surface area contributed by atoms with E-state index in [-0.39, 0.29) is 21.3 Å². The summed E-state index contributed by atoms with van der Waals surface area (Å²) < 4.78 is 27.1. The van der Waals surface area contributed by atoms with Gasteiger partial charge in [0.2, 0.25) is 0 Å². The van der Waals surface area contributed by atoms with E-state index in [1.807, 2.05) is 30.3 Å². The van der Waals surface area contributed by atoms with Crippen molar-refractivity contribution in [1.29, 1.82) is 0 Å². The van der Waals surface area contributed by atoms with Crippen LogP contribution >= 0.6 is 11.3 Å². The highest BCUT2D eigenvalue weighted by Gasteiger charge is 2.20. The van der Waals surface area contributed by atoms with Crippen LogP contribution in [0.1, 0.15) is 15.9 Å². The van der Waals surface area contributed by atoms with Crippen LogP contribution in [0, 0.1) is 0 Å². The topological polar surface area (TPSA) is 99.6 Å². The Labute approximate surface area is 161 Å². The first kappa shape index (κ1) is 18.9. The highest BCUT2D eigenvalue weighted by molar-refractivity contribution is 7.94. The number of hydrogen-bond donors (Lipinski definition) is 2. The molecule has 0 saturated heterocycles. The van der Waals surface area contributed by atoms with E-state index in [2.05, 4.69) is 9.71 Å². The minimum absolute atomic E-state index is 0.0835. The lowest BCUT2D eigenvalue weighted by molar-refractivity contribution is 0.0697. The van der Waals surface area contributed by atoms with Gasteiger partial charge in [0.25, 0.3) is 10.0 Å². The Balaban J connectivity index is 1.88. The lowest BCUT2D eigenvalue weighted by atomic mass is 10.2. The number of carboxylic acid groups (broad SMARTS) is 1. The molecule has 9 heteroatoms. The molecule has 0 fully saturated rings. The van der Waals surface area contributed by atoms with Gasteiger partial charge in [-0.2, -0.15) is 0 Å². The molecular weight excluding hydrogens is 386 g/mol. The van der Waals surface area contributed by atoms with Gasteiger partial charge in [-0.1, -0.05) is 36.4 Å². The van der Waals surface area contributed by atoms with E-state index in [0.29, 0.717) is 6.54 Å². The normalized spacial score (nSPS) is 11.1. The summed E-state index contributed by atoms with van der Waals surface area (Å²) >= 11 is 1.07. The number of pyridine rings is 1. The molecule has 0 amide bonds. The number of sulfonamides is 1. The summed E-state index contributed by atoms with van der Waals surface area (Å²) in [7, 11) is -2.04. The highest BCUT2D eigenvalue weighted by atomic mass is 32.2. The van der Waals surface area contributed by atoms with Crippen molar-refractivity contribution >= 4 is 38.8 Å². The van der Waals surface area contributed by atoms with Crippen LogP contribution in [0.4, 0.5) is 11.5 Å². The maximum atomic E-state index is 12.3. The number of nitrogens with one attached hydrogen (secondary N) is 1. The van der Waals surface area contributed by atoms with Crippen LogP contribution in [-0.2, 0) is 16.6 Å². The molecule has 140 valence electrons. The van der Waals surface area contributed by atoms with E-state index in [4.69, 9.17) is 0 Å². The Morgan fingerprint density at radius 3 is 2.59 bits per heavy atom. The van der Waals surface area contributed by atoms with Gasteiger partial charge < -0.3 is 10.0 Å². The number of carbonyl (C=O) groups is 1. The van der Waals surface area contributed by atoms with E-state index < -0.39 is 16.0 Å². The predicted octanol–water partition coefficient (Wildman–Crippen LogP) is 3.28. The van der Waals surface area contributed by atoms with Crippen LogP contribution in [-0.4, -0.2) is 31.5 Å². The lowest BCUT2D eigenvalue weighted by Crippen LogP contribution is -2.21. The number of anilines is 2. The molecule has 0 saturated carbocycles. The second-order valence-electron chi connectivity index (χ2n) is 5.78. The van der Waals surface area contributed by atoms with Crippen LogP contribution in [0.15, 0.2) is 64.3 Å². The smallest absolute Gasteiger partial charge is 0.339 e. The quantitative estimate of drug-likeness (QED) is 0.628. The van der Waals surface area contributed by atoms with E-state index >= 15 is 0 Å². The second-order valence-corrected chi connectivity index (χ2v) is 8.64. The number of benzene rings is 1. The molecule has 7 nitrogen and oxygen atoms in total. The molecule has 3 aromatic rings. The van der Waals surface area contributed by atoms with Gasteiger partial charge >= 0.3 is 5.97 Å². The van der Waals surface area contributed by atoms with Crippen molar-refractivity contribution in [1.82, 2.24) is 4.98 Å². The van der Waals surface area contributed by atoms with Gasteiger partial charge in [0.15, 0.2) is 0 Å². The molecule has 3 rings (SSSR count). The van der Waals surface area contributed by atoms with Gasteiger partial charge in [-0.3, -0.25) is 4.72 Å². The van der Waals surface area contributed by atoms with Crippen LogP contribution in [0.2, 0.25) is 0 Å². The maximum Gasteiger partial charge on any atom is 0.339 e. The first-order chi connectivity index (χ1) is 12.9. The van der Waals surface area contributed by atoms with Crippen LogP contribution < -0.4 is 9.62 Å². The Morgan fingerprint density at radius 2 is 1.96 bits per heavy atom. The lowest BCUT2D eigenvalue weighted by Gasteiger charge is -2.20. The summed E-state index contributed by atoms with van der Waals surface area (Å²) in [4.78, 5) is 17.6. The minimum Gasteiger partial charge on any atom is -0.478 e. The average molecular weight is 403 g/mol. The first-order valence-corrected chi connectivity index (χ1v) is 10.3. The van der Waals surface area contributed by atoms with Gasteiger partial charge in [0.05, 0.1) is 11.9 Å². The molecule has 0 atom stereocenters. The molecule has 0 radical (unpaired) electrons. The molecular formula is C18H17N3O4S2. The van der Waals surface area contributed by atoms with Crippen molar-refractivity contribution in [2.45, 2.75) is 10.8 Å². The number of rotatable bonds is 7. The van der Waals surface area contributed by atoms with Crippen LogP contribution in [0.25, 0.3) is 0 Å². The standard InChI is InChI=1S/C18H17N3O4S2/c1-21(12-13-6-3-2-4-7-13)17-15(18(22)23)10-14(11-19-17)20-27(24,25)16-8-5-9-26-16/h2-11,20H,12H2,1H3,(H,22,23). The van der Waals surface area contributed by atoms with Gasteiger partial charge in [-0.25, -0.2) is 18.2 Å². The van der Waals surface area contributed by atoms with E-state index in [0.717, 1.165) is 16.9 Å². The summed E-state index contributed by atoms with van der Waals surface area (Å²) in [5.41, 5.74) is 1.01. The number of hydrogen-bond acceptors (Lipinski definition) is 6. The van der Waals surface area contributed by atoms with Gasteiger partial charge in [-0.05, 0) is 23.1 Å². The molecule has 0 aliphatic rings. The monoisotopic (exact) mass is 403 g/mol. The summed E-state index contributed by atoms with van der Waals surface area (Å²) in [5, 5.41) is 11.2. The fourth-order valence-corrected chi connectivity index (χ4v) is 4.56. The number of aromatic nitrogens is 1. The van der Waals surface area contributed by atoms with Crippen molar-refractivity contribution in [2.24, 2.45) is 0 Å². The van der Waals surface area contributed by atoms with Gasteiger partial charge in [0.1, 0.15) is 15.6 Å². The zero-order valence-electron chi connectivity index (χ0n) is 14.4. The second kappa shape index (κ2) is 7.77. The molecule has 2 heterocycles. The Morgan fingerprint density at radius 1 is 1.22 bits per heavy atom. The maximum absolute atomic E-state index is 12.3. The molecule has 1 aromatic carbocycles. The van der Waals surface area contributed by atoms with E-state index in [9.17, 15) is 18.3 Å². The Kier molecular flexibility index (Phi) is 5.43. The summed E-state index contributed by atoms with van der Waals surface area (Å²) in [6.07, 6.45) is 1.31. The molecule has 2 N–H and O–H groups in total. The molecule has 0 aliphatic carbocycles. The largest absolute Gasteiger partial charge is 0.478 e. The van der Waals surface area contributed by atoms with Gasteiger partial charge in [0, 0.05) is 13.6 Å². The van der Waals surface area contributed by atoms with Crippen molar-refractivity contribution in [3.8, 4) is 0 Å². The Bertz CT molecular complexity index is 1040. The third kappa shape index (κ3) is 4.44. The zero-order chi connectivity index (χ0) is 19.4. The number of nitrogens with zero attached hydrogens (tertiary/aromatic N) is 2. The number of thiophene rings is 1. The van der Waals surface area contributed by atoms with Crippen LogP contribution in [0.5, 0.6) is 0 Å². The van der Waals surface area contributed by atoms with Crippen molar-refractivity contribution in [3.05, 3.63) is 71.2 Å². The average Bonchev–Trinajstić information content (AvgIpc) is 3.18. The highest BCUT2D eigenvalue weighted by Crippen LogP contribution is 2.25. The zero-order valence-corrected chi connectivity index (χ0v) is 16.0. The summed E-state index contributed by atoms with van der Waals surface area (Å²) in [6, 6.07) is 13.9. The number of carboxylic acids is 1. The summed E-state index contributed by atoms with van der Waals surface area (Å²) in [6.45, 7) is 0.467. The minimum atomic E-state index is -3.77. The third-order valence-corrected chi connectivity index (χ3v) is 6.51. The van der Waals surface area contributed by atoms with Crippen molar-refractivity contribution < 1.29 is 18.3 Å². The third-order valence-electron chi connectivity index (χ3n) is 3.73. The molecule has 27 heavy (non-hydrogen) atoms. The van der Waals surface area contributed by atoms with Crippen LogP contribution in [0.3, 0.4) is 0 Å². The fraction of sp³-hybridized carbons (Fsp3) is 0.111. The summed E-state index contributed by atoms with van der Waals surface area (Å²) in [5.74, 6) is -0.931. The molecule has 0 aliphatic heterocycles. The molecule has 2 aromatic heterocycles. The predicted molar refractivity (Wildman–Crippen MR) is 105 cm³/mol. The SMILES string of the molecule is CN(Cc1ccccc1)c1ncc(NS(=O)(=O)c2cccs2)cc1C(=O)O. The number of aromatic carboxylic acids is 1. The Hall–Kier alpha value is -2.91. The van der Waals surface area contributed by atoms with E-state index in [1.165, 1.54) is 18.3 Å². The fourth-order valence-electron chi connectivity index (χ4n) is 2.53. The van der Waals surface area contributed by atoms with Gasteiger partial charge in [-0.15, -0.1) is 11.3 Å². The van der Waals surface area contributed by atoms with E-state index in [1.54, 1.807) is 23.4 Å². The van der Waals surface area contributed by atoms with Crippen molar-refractivity contribution in [2.75, 3.05) is 16.7 Å². The van der Waals surface area contributed by atoms with Crippen molar-refractivity contribution in [3.63, 3.8) is 0 Å². The molecule has 0 unspecified atom stereocenters. The molecule has 0 spiro atoms.